The zero-order chi connectivity index (χ0) is 14.2. The van der Waals surface area contributed by atoms with Gasteiger partial charge in [-0.25, -0.2) is 0 Å². The lowest BCUT2D eigenvalue weighted by atomic mass is 10.1. The average molecular weight is 263 g/mol. The molecule has 0 radical (unpaired) electrons. The minimum Gasteiger partial charge on any atom is -0.480 e. The maximum atomic E-state index is 10.8. The monoisotopic (exact) mass is 263 g/mol. The van der Waals surface area contributed by atoms with Gasteiger partial charge in [-0.15, -0.1) is 0 Å². The fourth-order valence-corrected chi connectivity index (χ4v) is 1.41. The predicted molar refractivity (Wildman–Crippen MR) is 67.7 cm³/mol. The number of hydrogen-bond acceptors (Lipinski definition) is 5. The lowest BCUT2D eigenvalue weighted by Gasteiger charge is -2.35. The van der Waals surface area contributed by atoms with Crippen molar-refractivity contribution < 1.29 is 24.5 Å². The Kier molecular flexibility index (Phi) is 8.10. The van der Waals surface area contributed by atoms with Gasteiger partial charge in [0.05, 0.1) is 32.5 Å². The third kappa shape index (κ3) is 8.41. The van der Waals surface area contributed by atoms with Crippen molar-refractivity contribution >= 4 is 5.97 Å². The number of aliphatic hydroxyl groups is 1. The number of methoxy groups -OCH3 is 1. The van der Waals surface area contributed by atoms with E-state index in [4.69, 9.17) is 14.6 Å². The Labute approximate surface area is 108 Å². The van der Waals surface area contributed by atoms with Crippen LogP contribution in [0, 0.1) is 0 Å². The molecule has 6 nitrogen and oxygen atoms in total. The van der Waals surface area contributed by atoms with Crippen LogP contribution in [0.3, 0.4) is 0 Å². The van der Waals surface area contributed by atoms with Crippen LogP contribution in [0.1, 0.15) is 20.8 Å². The minimum atomic E-state index is -0.905. The molecule has 6 heteroatoms. The lowest BCUT2D eigenvalue weighted by molar-refractivity contribution is -0.140. The molecule has 0 aliphatic rings. The maximum Gasteiger partial charge on any atom is 0.317 e. The molecule has 108 valence electrons. The molecule has 0 rings (SSSR count). The van der Waals surface area contributed by atoms with E-state index >= 15 is 0 Å². The molecule has 0 bridgehead atoms. The van der Waals surface area contributed by atoms with Crippen molar-refractivity contribution in [1.29, 1.82) is 0 Å². The third-order valence-electron chi connectivity index (χ3n) is 2.45. The Morgan fingerprint density at radius 2 is 1.94 bits per heavy atom. The number of aliphatic carboxylic acids is 1. The van der Waals surface area contributed by atoms with Crippen LogP contribution >= 0.6 is 0 Å². The molecule has 0 aromatic heterocycles. The number of carboxylic acids is 1. The Balaban J connectivity index is 4.11. The Morgan fingerprint density at radius 3 is 2.39 bits per heavy atom. The third-order valence-corrected chi connectivity index (χ3v) is 2.45. The number of ether oxygens (including phenoxy) is 2. The molecule has 0 fully saturated rings. The van der Waals surface area contributed by atoms with E-state index in [-0.39, 0.29) is 25.2 Å². The first-order valence-electron chi connectivity index (χ1n) is 5.99. The van der Waals surface area contributed by atoms with Crippen LogP contribution in [0.2, 0.25) is 0 Å². The van der Waals surface area contributed by atoms with Crippen LogP contribution in [0.4, 0.5) is 0 Å². The van der Waals surface area contributed by atoms with E-state index in [1.54, 1.807) is 12.0 Å². The topological polar surface area (TPSA) is 79.2 Å². The number of nitrogens with zero attached hydrogens (tertiary/aromatic N) is 1. The van der Waals surface area contributed by atoms with Gasteiger partial charge in [0.25, 0.3) is 0 Å². The van der Waals surface area contributed by atoms with E-state index in [1.165, 1.54) is 0 Å². The van der Waals surface area contributed by atoms with E-state index in [2.05, 4.69) is 0 Å². The SMILES string of the molecule is COCCOCC(O)CN(CC(=O)O)C(C)(C)C. The molecule has 0 amide bonds. The molecule has 0 spiro atoms. The number of rotatable bonds is 9. The van der Waals surface area contributed by atoms with Gasteiger partial charge in [-0.1, -0.05) is 0 Å². The van der Waals surface area contributed by atoms with Crippen LogP contribution in [0.5, 0.6) is 0 Å². The van der Waals surface area contributed by atoms with Crippen molar-refractivity contribution in [3.8, 4) is 0 Å². The van der Waals surface area contributed by atoms with Crippen LogP contribution in [0.15, 0.2) is 0 Å². The van der Waals surface area contributed by atoms with Crippen LogP contribution in [-0.2, 0) is 14.3 Å². The van der Waals surface area contributed by atoms with Crippen LogP contribution in [-0.4, -0.2) is 72.7 Å². The van der Waals surface area contributed by atoms with Crippen molar-refractivity contribution in [3.05, 3.63) is 0 Å². The number of carboxylic acid groups (broad SMARTS) is 1. The van der Waals surface area contributed by atoms with Crippen molar-refractivity contribution in [2.45, 2.75) is 32.4 Å². The van der Waals surface area contributed by atoms with Gasteiger partial charge in [-0.2, -0.15) is 0 Å². The summed E-state index contributed by atoms with van der Waals surface area (Å²) < 4.78 is 10.0. The highest BCUT2D eigenvalue weighted by Crippen LogP contribution is 2.13. The van der Waals surface area contributed by atoms with Crippen molar-refractivity contribution in [2.24, 2.45) is 0 Å². The fraction of sp³-hybridized carbons (Fsp3) is 0.917. The van der Waals surface area contributed by atoms with E-state index < -0.39 is 12.1 Å². The Bertz CT molecular complexity index is 239. The van der Waals surface area contributed by atoms with Crippen LogP contribution in [0.25, 0.3) is 0 Å². The Morgan fingerprint density at radius 1 is 1.33 bits per heavy atom. The zero-order valence-corrected chi connectivity index (χ0v) is 11.7. The van der Waals surface area contributed by atoms with Crippen molar-refractivity contribution in [3.63, 3.8) is 0 Å². The number of aliphatic hydroxyl groups excluding tert-OH is 1. The summed E-state index contributed by atoms with van der Waals surface area (Å²) in [6.45, 7) is 6.97. The zero-order valence-electron chi connectivity index (χ0n) is 11.7. The van der Waals surface area contributed by atoms with E-state index in [0.29, 0.717) is 13.2 Å². The van der Waals surface area contributed by atoms with Gasteiger partial charge in [0.1, 0.15) is 0 Å². The van der Waals surface area contributed by atoms with Gasteiger partial charge < -0.3 is 19.7 Å². The molecule has 0 heterocycles. The summed E-state index contributed by atoms with van der Waals surface area (Å²) in [5, 5.41) is 18.6. The maximum absolute atomic E-state index is 10.8. The molecule has 18 heavy (non-hydrogen) atoms. The predicted octanol–water partition coefficient (Wildman–Crippen LogP) is 0.195. The molecule has 0 aromatic carbocycles. The second-order valence-corrected chi connectivity index (χ2v) is 5.17. The minimum absolute atomic E-state index is 0.0986. The smallest absolute Gasteiger partial charge is 0.317 e. The van der Waals surface area contributed by atoms with Crippen molar-refractivity contribution in [2.75, 3.05) is 40.0 Å². The lowest BCUT2D eigenvalue weighted by Crippen LogP contribution is -2.48. The molecule has 0 aliphatic carbocycles. The first-order chi connectivity index (χ1) is 8.27. The summed E-state index contributed by atoms with van der Waals surface area (Å²) >= 11 is 0. The molecule has 1 atom stereocenters. The van der Waals surface area contributed by atoms with Gasteiger partial charge in [0.2, 0.25) is 0 Å². The molecular formula is C12H25NO5. The molecule has 0 aromatic rings. The Hall–Kier alpha value is -0.690. The highest BCUT2D eigenvalue weighted by molar-refractivity contribution is 5.69. The van der Waals surface area contributed by atoms with E-state index in [0.717, 1.165) is 0 Å². The van der Waals surface area contributed by atoms with E-state index in [9.17, 15) is 9.90 Å². The van der Waals surface area contributed by atoms with Crippen molar-refractivity contribution in [1.82, 2.24) is 4.90 Å². The standard InChI is InChI=1S/C12H25NO5/c1-12(2,3)13(8-11(15)16)7-10(14)9-18-6-5-17-4/h10,14H,5-9H2,1-4H3,(H,15,16). The summed E-state index contributed by atoms with van der Waals surface area (Å²) in [4.78, 5) is 12.5. The molecule has 1 unspecified atom stereocenters. The van der Waals surface area contributed by atoms with Gasteiger partial charge in [0, 0.05) is 19.2 Å². The first-order valence-corrected chi connectivity index (χ1v) is 5.99. The summed E-state index contributed by atoms with van der Waals surface area (Å²) in [6.07, 6.45) is -0.708. The first kappa shape index (κ1) is 17.3. The summed E-state index contributed by atoms with van der Waals surface area (Å²) in [5.41, 5.74) is -0.314. The largest absolute Gasteiger partial charge is 0.480 e. The van der Waals surface area contributed by atoms with E-state index in [1.807, 2.05) is 20.8 Å². The van der Waals surface area contributed by atoms with Gasteiger partial charge >= 0.3 is 5.97 Å². The van der Waals surface area contributed by atoms with Gasteiger partial charge in [0.15, 0.2) is 0 Å². The molecule has 0 aliphatic heterocycles. The fourth-order valence-electron chi connectivity index (χ4n) is 1.41. The molecule has 0 saturated heterocycles. The highest BCUT2D eigenvalue weighted by Gasteiger charge is 2.25. The normalized spacial score (nSPS) is 13.9. The van der Waals surface area contributed by atoms with Gasteiger partial charge in [-0.3, -0.25) is 9.69 Å². The molecule has 2 N–H and O–H groups in total. The number of carbonyl (C=O) groups is 1. The van der Waals surface area contributed by atoms with Crippen LogP contribution < -0.4 is 0 Å². The number of β-amino-alcohol motifs (C(OH)–C–C–N with tert-alkyl or cyclic N) is 1. The molecular weight excluding hydrogens is 238 g/mol. The highest BCUT2D eigenvalue weighted by atomic mass is 16.5. The quantitative estimate of drug-likeness (QED) is 0.578. The second-order valence-electron chi connectivity index (χ2n) is 5.17. The summed E-state index contributed by atoms with van der Waals surface area (Å²) in [6, 6.07) is 0. The average Bonchev–Trinajstić information content (AvgIpc) is 2.21. The summed E-state index contributed by atoms with van der Waals surface area (Å²) in [5.74, 6) is -0.905. The number of hydrogen-bond donors (Lipinski definition) is 2. The molecule has 0 saturated carbocycles. The van der Waals surface area contributed by atoms with Gasteiger partial charge in [-0.05, 0) is 20.8 Å². The second kappa shape index (κ2) is 8.42. The summed E-state index contributed by atoms with van der Waals surface area (Å²) in [7, 11) is 1.58.